The van der Waals surface area contributed by atoms with Crippen molar-refractivity contribution < 1.29 is 0 Å². The zero-order chi connectivity index (χ0) is 22.1. The molecule has 0 aliphatic heterocycles. The van der Waals surface area contributed by atoms with Crippen LogP contribution in [0.4, 0.5) is 0 Å². The highest BCUT2D eigenvalue weighted by atomic mass is 31.0. The average Bonchev–Trinajstić information content (AvgIpc) is 3.21. The monoisotopic (exact) mass is 444 g/mol. The van der Waals surface area contributed by atoms with Crippen LogP contribution in [0.3, 0.4) is 0 Å². The van der Waals surface area contributed by atoms with Crippen molar-refractivity contribution in [3.8, 4) is 0 Å². The Morgan fingerprint density at radius 1 is 0.806 bits per heavy atom. The van der Waals surface area contributed by atoms with Crippen LogP contribution in [0.25, 0.3) is 5.57 Å². The van der Waals surface area contributed by atoms with Crippen molar-refractivity contribution in [3.05, 3.63) is 113 Å². The summed E-state index contributed by atoms with van der Waals surface area (Å²) in [5, 5.41) is -0.546. The van der Waals surface area contributed by atoms with E-state index in [9.17, 15) is 0 Å². The van der Waals surface area contributed by atoms with Gasteiger partial charge in [0.1, 0.15) is 0 Å². The van der Waals surface area contributed by atoms with Gasteiger partial charge in [-0.05, 0) is 52.6 Å². The molecule has 2 aromatic heterocycles. The Balaban J connectivity index is 2.07. The molecule has 0 N–H and O–H groups in total. The summed E-state index contributed by atoms with van der Waals surface area (Å²) in [7, 11) is 6.11. The molecule has 0 spiro atoms. The van der Waals surface area contributed by atoms with Crippen LogP contribution in [0.5, 0.6) is 0 Å². The first-order valence-electron chi connectivity index (χ1n) is 10.7. The number of rotatable bonds is 5. The molecule has 3 atom stereocenters. The van der Waals surface area contributed by atoms with Gasteiger partial charge in [-0.1, -0.05) is 74.9 Å². The minimum absolute atomic E-state index is 0.105. The van der Waals surface area contributed by atoms with Crippen molar-refractivity contribution in [3.63, 3.8) is 0 Å². The fraction of sp³-hybridized carbons (Fsp3) is 0.259. The standard InChI is InChI=1S/C27H30N2P2/c1-26(2,3)22-17-20(19-11-5-4-6-12-19)25(21(22)18-30)27(31,23-13-7-9-15-28-23)24-14-8-10-16-29-24/h4-17,22H,18,30-31H2,1-3H3. The lowest BCUT2D eigenvalue weighted by Crippen LogP contribution is -2.28. The first kappa shape index (κ1) is 22.1. The molecule has 0 radical (unpaired) electrons. The van der Waals surface area contributed by atoms with E-state index in [1.807, 2.05) is 24.5 Å². The third-order valence-corrected chi connectivity index (χ3v) is 7.39. The molecule has 2 heterocycles. The van der Waals surface area contributed by atoms with Crippen LogP contribution in [0.15, 0.2) is 96.3 Å². The predicted molar refractivity (Wildman–Crippen MR) is 138 cm³/mol. The predicted octanol–water partition coefficient (Wildman–Crippen LogP) is 6.53. The average molecular weight is 444 g/mol. The number of allylic oxidation sites excluding steroid dienone is 4. The Morgan fingerprint density at radius 2 is 1.35 bits per heavy atom. The topological polar surface area (TPSA) is 25.8 Å². The molecule has 158 valence electrons. The molecule has 4 rings (SSSR count). The molecule has 4 heteroatoms. The summed E-state index contributed by atoms with van der Waals surface area (Å²) >= 11 is 0. The van der Waals surface area contributed by atoms with E-state index in [0.29, 0.717) is 5.92 Å². The first-order valence-corrected chi connectivity index (χ1v) is 12.1. The van der Waals surface area contributed by atoms with E-state index in [0.717, 1.165) is 17.5 Å². The maximum atomic E-state index is 4.83. The van der Waals surface area contributed by atoms with E-state index >= 15 is 0 Å². The van der Waals surface area contributed by atoms with E-state index in [1.165, 1.54) is 22.3 Å². The summed E-state index contributed by atoms with van der Waals surface area (Å²) in [6.07, 6.45) is 7.12. The molecule has 0 amide bonds. The van der Waals surface area contributed by atoms with E-state index in [4.69, 9.17) is 9.97 Å². The minimum atomic E-state index is -0.546. The van der Waals surface area contributed by atoms with Gasteiger partial charge in [-0.2, -0.15) is 0 Å². The Kier molecular flexibility index (Phi) is 6.25. The molecule has 3 unspecified atom stereocenters. The van der Waals surface area contributed by atoms with E-state index < -0.39 is 5.16 Å². The minimum Gasteiger partial charge on any atom is -0.260 e. The lowest BCUT2D eigenvalue weighted by atomic mass is 9.76. The van der Waals surface area contributed by atoms with Crippen LogP contribution in [0.2, 0.25) is 0 Å². The summed E-state index contributed by atoms with van der Waals surface area (Å²) in [6, 6.07) is 23.0. The quantitative estimate of drug-likeness (QED) is 0.418. The summed E-state index contributed by atoms with van der Waals surface area (Å²) < 4.78 is 0. The van der Waals surface area contributed by atoms with Crippen molar-refractivity contribution in [1.29, 1.82) is 0 Å². The third-order valence-electron chi connectivity index (χ3n) is 6.07. The highest BCUT2D eigenvalue weighted by molar-refractivity contribution is 7.19. The highest BCUT2D eigenvalue weighted by Crippen LogP contribution is 2.56. The molecule has 1 aliphatic carbocycles. The van der Waals surface area contributed by atoms with Gasteiger partial charge in [0.05, 0.1) is 16.5 Å². The van der Waals surface area contributed by atoms with Gasteiger partial charge >= 0.3 is 0 Å². The number of hydrogen-bond donors (Lipinski definition) is 0. The Bertz CT molecular complexity index is 1060. The zero-order valence-corrected chi connectivity index (χ0v) is 20.7. The van der Waals surface area contributed by atoms with E-state index in [2.05, 4.69) is 99.9 Å². The van der Waals surface area contributed by atoms with Gasteiger partial charge in [0.15, 0.2) is 0 Å². The van der Waals surface area contributed by atoms with Crippen LogP contribution in [0, 0.1) is 11.3 Å². The molecule has 0 saturated heterocycles. The van der Waals surface area contributed by atoms with Gasteiger partial charge in [-0.25, -0.2) is 0 Å². The van der Waals surface area contributed by atoms with Gasteiger partial charge in [-0.3, -0.25) is 9.97 Å². The smallest absolute Gasteiger partial charge is 0.0938 e. The van der Waals surface area contributed by atoms with Crippen molar-refractivity contribution in [2.24, 2.45) is 11.3 Å². The summed E-state index contributed by atoms with van der Waals surface area (Å²) in [4.78, 5) is 9.65. The van der Waals surface area contributed by atoms with Crippen LogP contribution in [0.1, 0.15) is 37.7 Å². The molecule has 0 saturated carbocycles. The maximum Gasteiger partial charge on any atom is 0.0938 e. The second-order valence-electron chi connectivity index (χ2n) is 9.13. The SMILES string of the molecule is CC(C)(C)C1C=C(c2ccccc2)C(C(P)(c2ccccn2)c2ccccn2)=C1CP. The number of hydrogen-bond acceptors (Lipinski definition) is 2. The molecule has 3 aromatic rings. The summed E-state index contributed by atoms with van der Waals surface area (Å²) in [6.45, 7) is 6.98. The van der Waals surface area contributed by atoms with Gasteiger partial charge in [-0.15, -0.1) is 18.5 Å². The Hall–Kier alpha value is -2.14. The largest absolute Gasteiger partial charge is 0.260 e. The summed E-state index contributed by atoms with van der Waals surface area (Å²) in [5.41, 5.74) is 7.33. The van der Waals surface area contributed by atoms with Crippen LogP contribution >= 0.6 is 18.5 Å². The Labute approximate surface area is 190 Å². The molecule has 31 heavy (non-hydrogen) atoms. The molecule has 1 aromatic carbocycles. The molecule has 1 aliphatic rings. The number of nitrogens with zero attached hydrogens (tertiary/aromatic N) is 2. The van der Waals surface area contributed by atoms with Crippen molar-refractivity contribution in [2.45, 2.75) is 25.9 Å². The second-order valence-corrected chi connectivity index (χ2v) is 10.4. The van der Waals surface area contributed by atoms with E-state index in [-0.39, 0.29) is 5.41 Å². The molecule has 0 bridgehead atoms. The second kappa shape index (κ2) is 8.78. The van der Waals surface area contributed by atoms with Crippen molar-refractivity contribution >= 4 is 24.1 Å². The molecular weight excluding hydrogens is 414 g/mol. The van der Waals surface area contributed by atoms with E-state index in [1.54, 1.807) is 0 Å². The lowest BCUT2D eigenvalue weighted by Gasteiger charge is -2.35. The number of aromatic nitrogens is 2. The van der Waals surface area contributed by atoms with Crippen molar-refractivity contribution in [2.75, 3.05) is 6.16 Å². The van der Waals surface area contributed by atoms with Gasteiger partial charge < -0.3 is 0 Å². The van der Waals surface area contributed by atoms with Gasteiger partial charge in [0.25, 0.3) is 0 Å². The fourth-order valence-electron chi connectivity index (χ4n) is 4.58. The fourth-order valence-corrected chi connectivity index (χ4v) is 5.72. The van der Waals surface area contributed by atoms with Crippen LogP contribution in [-0.2, 0) is 5.16 Å². The maximum absolute atomic E-state index is 4.83. The molecule has 0 fully saturated rings. The summed E-state index contributed by atoms with van der Waals surface area (Å²) in [5.74, 6) is 0.336. The first-order chi connectivity index (χ1) is 14.9. The third kappa shape index (κ3) is 4.05. The number of pyridine rings is 2. The molecular formula is C27H30N2P2. The number of benzene rings is 1. The van der Waals surface area contributed by atoms with Crippen LogP contribution in [-0.4, -0.2) is 16.1 Å². The Morgan fingerprint density at radius 3 is 1.81 bits per heavy atom. The lowest BCUT2D eigenvalue weighted by molar-refractivity contribution is 0.333. The highest BCUT2D eigenvalue weighted by Gasteiger charge is 2.45. The zero-order valence-electron chi connectivity index (χ0n) is 18.4. The normalized spacial score (nSPS) is 17.1. The van der Waals surface area contributed by atoms with Gasteiger partial charge in [0.2, 0.25) is 0 Å². The van der Waals surface area contributed by atoms with Gasteiger partial charge in [0, 0.05) is 18.3 Å². The van der Waals surface area contributed by atoms with Crippen molar-refractivity contribution in [1.82, 2.24) is 9.97 Å². The van der Waals surface area contributed by atoms with Crippen LogP contribution < -0.4 is 0 Å². The molecule has 2 nitrogen and oxygen atoms in total.